The van der Waals surface area contributed by atoms with Crippen molar-refractivity contribution in [1.82, 2.24) is 25.7 Å². The van der Waals surface area contributed by atoms with Crippen molar-refractivity contribution in [2.24, 2.45) is 0 Å². The fourth-order valence-corrected chi connectivity index (χ4v) is 5.55. The summed E-state index contributed by atoms with van der Waals surface area (Å²) in [5.74, 6) is -0.220. The first kappa shape index (κ1) is 30.3. The van der Waals surface area contributed by atoms with E-state index < -0.39 is 12.2 Å². The van der Waals surface area contributed by atoms with Gasteiger partial charge in [0.15, 0.2) is 6.29 Å². The van der Waals surface area contributed by atoms with Crippen LogP contribution >= 0.6 is 11.8 Å². The molecule has 3 atom stereocenters. The van der Waals surface area contributed by atoms with Crippen LogP contribution in [0.5, 0.6) is 0 Å². The summed E-state index contributed by atoms with van der Waals surface area (Å²) >= 11 is 1.49. The van der Waals surface area contributed by atoms with Crippen molar-refractivity contribution < 1.29 is 29.4 Å². The Labute approximate surface area is 252 Å². The molecule has 0 bridgehead atoms. The Hall–Kier alpha value is -4.14. The van der Waals surface area contributed by atoms with Gasteiger partial charge in [0, 0.05) is 36.3 Å². The van der Waals surface area contributed by atoms with Gasteiger partial charge in [0.2, 0.25) is 17.0 Å². The maximum atomic E-state index is 12.4. The maximum absolute atomic E-state index is 12.4. The highest BCUT2D eigenvalue weighted by molar-refractivity contribution is 7.99. The number of carbonyl (C=O) groups is 2. The number of amides is 2. The highest BCUT2D eigenvalue weighted by Crippen LogP contribution is 2.39. The fourth-order valence-electron chi connectivity index (χ4n) is 4.64. The number of anilines is 1. The van der Waals surface area contributed by atoms with Crippen molar-refractivity contribution >= 4 is 29.3 Å². The van der Waals surface area contributed by atoms with Crippen LogP contribution in [0.1, 0.15) is 54.8 Å². The van der Waals surface area contributed by atoms with Crippen LogP contribution in [0.3, 0.4) is 0 Å². The number of hydrogen-bond donors (Lipinski definition) is 4. The minimum atomic E-state index is -0.711. The number of nitrogens with one attached hydrogen (secondary N) is 2. The molecule has 224 valence electrons. The summed E-state index contributed by atoms with van der Waals surface area (Å²) < 4.78 is 14.6. The molecule has 2 amide bonds. The molecule has 4 aromatic rings. The second kappa shape index (κ2) is 14.8. The van der Waals surface area contributed by atoms with E-state index in [9.17, 15) is 14.7 Å². The zero-order chi connectivity index (χ0) is 30.0. The summed E-state index contributed by atoms with van der Waals surface area (Å²) in [6.45, 7) is -0.0416. The third-order valence-electron chi connectivity index (χ3n) is 6.83. The molecule has 43 heavy (non-hydrogen) atoms. The molecular weight excluding hydrogens is 572 g/mol. The van der Waals surface area contributed by atoms with E-state index in [0.717, 1.165) is 22.4 Å². The Kier molecular flexibility index (Phi) is 10.5. The van der Waals surface area contributed by atoms with Gasteiger partial charge >= 0.3 is 0 Å². The molecule has 3 aromatic carbocycles. The molecule has 1 aromatic heterocycles. The average molecular weight is 605 g/mol. The zero-order valence-corrected chi connectivity index (χ0v) is 24.0. The van der Waals surface area contributed by atoms with Crippen LogP contribution in [0.15, 0.2) is 84.0 Å². The van der Waals surface area contributed by atoms with Crippen molar-refractivity contribution in [3.63, 3.8) is 0 Å². The molecule has 0 saturated carbocycles. The quantitative estimate of drug-likeness (QED) is 0.105. The standard InChI is InChI=1S/C30H32N6O6S/c37-18-20-12-14-21(15-13-20)26-17-25(19-43-30-32-34-35-36(30)24-8-2-1-3-9-24)41-29(42-26)22-6-4-7-23(16-22)31-27(38)10-5-11-28(39)33-40/h1-4,6-9,12-16,25-26,29,37,40H,5,10-11,17-19H2,(H,31,38)(H,33,39). The normalized spacial score (nSPS) is 18.2. The molecule has 1 aliphatic heterocycles. The Balaban J connectivity index is 1.30. The van der Waals surface area contributed by atoms with E-state index in [1.165, 1.54) is 11.8 Å². The zero-order valence-electron chi connectivity index (χ0n) is 23.2. The van der Waals surface area contributed by atoms with Crippen LogP contribution in [0.25, 0.3) is 5.69 Å². The van der Waals surface area contributed by atoms with E-state index in [1.807, 2.05) is 66.7 Å². The first-order chi connectivity index (χ1) is 21.0. The maximum Gasteiger partial charge on any atom is 0.243 e. The SMILES string of the molecule is O=C(CCCC(=O)Nc1cccc(C2OC(CSc3nnnn3-c3ccccc3)CC(c3ccc(CO)cc3)O2)c1)NO. The van der Waals surface area contributed by atoms with Crippen molar-refractivity contribution in [1.29, 1.82) is 0 Å². The molecular formula is C30H32N6O6S. The number of benzene rings is 3. The van der Waals surface area contributed by atoms with Gasteiger partial charge in [-0.05, 0) is 52.2 Å². The van der Waals surface area contributed by atoms with E-state index in [-0.39, 0.29) is 37.6 Å². The first-order valence-electron chi connectivity index (χ1n) is 13.8. The Morgan fingerprint density at radius 1 is 0.953 bits per heavy atom. The van der Waals surface area contributed by atoms with Crippen molar-refractivity contribution in [2.75, 3.05) is 11.1 Å². The largest absolute Gasteiger partial charge is 0.392 e. The molecule has 1 aliphatic rings. The highest BCUT2D eigenvalue weighted by atomic mass is 32.2. The molecule has 4 N–H and O–H groups in total. The third kappa shape index (κ3) is 8.24. The lowest BCUT2D eigenvalue weighted by Crippen LogP contribution is -2.31. The lowest BCUT2D eigenvalue weighted by Gasteiger charge is -2.36. The number of tetrazole rings is 1. The second-order valence-electron chi connectivity index (χ2n) is 9.93. The number of nitrogens with zero attached hydrogens (tertiary/aromatic N) is 4. The van der Waals surface area contributed by atoms with Gasteiger partial charge in [-0.3, -0.25) is 14.8 Å². The number of aromatic nitrogens is 4. The van der Waals surface area contributed by atoms with E-state index >= 15 is 0 Å². The molecule has 13 heteroatoms. The summed E-state index contributed by atoms with van der Waals surface area (Å²) in [4.78, 5) is 23.6. The first-order valence-corrected chi connectivity index (χ1v) is 14.8. The number of carbonyl (C=O) groups excluding carboxylic acids is 2. The van der Waals surface area contributed by atoms with Crippen molar-refractivity contribution in [2.45, 2.75) is 55.9 Å². The van der Waals surface area contributed by atoms with E-state index in [1.54, 1.807) is 22.3 Å². The minimum absolute atomic E-state index is 0.0416. The van der Waals surface area contributed by atoms with Gasteiger partial charge in [0.25, 0.3) is 0 Å². The number of ether oxygens (including phenoxy) is 2. The van der Waals surface area contributed by atoms with Gasteiger partial charge in [-0.2, -0.15) is 4.68 Å². The summed E-state index contributed by atoms with van der Waals surface area (Å²) in [5, 5.41) is 33.8. The monoisotopic (exact) mass is 604 g/mol. The number of aliphatic hydroxyl groups excluding tert-OH is 1. The molecule has 0 aliphatic carbocycles. The van der Waals surface area contributed by atoms with E-state index in [4.69, 9.17) is 14.7 Å². The summed E-state index contributed by atoms with van der Waals surface area (Å²) in [6, 6.07) is 24.6. The van der Waals surface area contributed by atoms with Gasteiger partial charge < -0.3 is 19.9 Å². The number of thioether (sulfide) groups is 1. The second-order valence-corrected chi connectivity index (χ2v) is 10.9. The molecule has 5 rings (SSSR count). The molecule has 12 nitrogen and oxygen atoms in total. The lowest BCUT2D eigenvalue weighted by molar-refractivity contribution is -0.245. The Morgan fingerprint density at radius 3 is 2.51 bits per heavy atom. The predicted molar refractivity (Wildman–Crippen MR) is 157 cm³/mol. The van der Waals surface area contributed by atoms with Gasteiger partial charge in [0.1, 0.15) is 0 Å². The van der Waals surface area contributed by atoms with Crippen molar-refractivity contribution in [3.8, 4) is 5.69 Å². The van der Waals surface area contributed by atoms with E-state index in [2.05, 4.69) is 20.8 Å². The van der Waals surface area contributed by atoms with Crippen LogP contribution in [0.4, 0.5) is 5.69 Å². The molecule has 0 spiro atoms. The fraction of sp³-hybridized carbons (Fsp3) is 0.300. The number of rotatable bonds is 12. The Morgan fingerprint density at radius 2 is 1.74 bits per heavy atom. The number of hydrogen-bond acceptors (Lipinski definition) is 10. The van der Waals surface area contributed by atoms with Crippen molar-refractivity contribution in [3.05, 3.63) is 95.6 Å². The number of aliphatic hydroxyl groups is 1. The minimum Gasteiger partial charge on any atom is -0.392 e. The van der Waals surface area contributed by atoms with Gasteiger partial charge in [-0.25, -0.2) is 5.48 Å². The summed E-state index contributed by atoms with van der Waals surface area (Å²) in [6.07, 6.45) is -0.144. The summed E-state index contributed by atoms with van der Waals surface area (Å²) in [5.41, 5.74) is 5.51. The third-order valence-corrected chi connectivity index (χ3v) is 7.88. The predicted octanol–water partition coefficient (Wildman–Crippen LogP) is 4.11. The van der Waals surface area contributed by atoms with Gasteiger partial charge in [0.05, 0.1) is 24.5 Å². The summed E-state index contributed by atoms with van der Waals surface area (Å²) in [7, 11) is 0. The number of hydroxylamine groups is 1. The van der Waals surface area contributed by atoms with Crippen LogP contribution in [-0.2, 0) is 25.7 Å². The molecule has 1 saturated heterocycles. The average Bonchev–Trinajstić information content (AvgIpc) is 3.53. The lowest BCUT2D eigenvalue weighted by atomic mass is 10.0. The smallest absolute Gasteiger partial charge is 0.243 e. The molecule has 0 radical (unpaired) electrons. The van der Waals surface area contributed by atoms with Gasteiger partial charge in [-0.15, -0.1) is 5.10 Å². The highest BCUT2D eigenvalue weighted by Gasteiger charge is 2.33. The molecule has 3 unspecified atom stereocenters. The van der Waals surface area contributed by atoms with E-state index in [0.29, 0.717) is 29.4 Å². The number of para-hydroxylation sites is 1. The van der Waals surface area contributed by atoms with Crippen LogP contribution < -0.4 is 10.8 Å². The molecule has 2 heterocycles. The van der Waals surface area contributed by atoms with Gasteiger partial charge in [-0.1, -0.05) is 66.4 Å². The van der Waals surface area contributed by atoms with Crippen LogP contribution in [0.2, 0.25) is 0 Å². The Bertz CT molecular complexity index is 1500. The van der Waals surface area contributed by atoms with Crippen LogP contribution in [-0.4, -0.2) is 54.2 Å². The molecule has 1 fully saturated rings. The van der Waals surface area contributed by atoms with Crippen LogP contribution in [0, 0.1) is 0 Å². The topological polar surface area (TPSA) is 161 Å².